The quantitative estimate of drug-likeness (QED) is 0.0181. The molecule has 0 saturated heterocycles. The Morgan fingerprint density at radius 3 is 1.32 bits per heavy atom. The molecule has 0 aliphatic heterocycles. The van der Waals surface area contributed by atoms with Crippen LogP contribution in [-0.2, 0) is 60.7 Å². The smallest absolute Gasteiger partial charge is 0.744 e. The maximum atomic E-state index is 12.6. The second kappa shape index (κ2) is 34.7. The van der Waals surface area contributed by atoms with Crippen LogP contribution in [0, 0.1) is 12.1 Å². The van der Waals surface area contributed by atoms with E-state index in [2.05, 4.69) is 83.8 Å². The summed E-state index contributed by atoms with van der Waals surface area (Å²) in [7, 11) is -32.2. The van der Waals surface area contributed by atoms with Crippen molar-refractivity contribution >= 4 is 191 Å². The number of nitrogens with zero attached hydrogens (tertiary/aromatic N) is 10. The number of hydrogen-bond acceptors (Lipinski definition) is 35. The normalized spacial score (nSPS) is 11.8. The third-order valence-electron chi connectivity index (χ3n) is 13.1. The second-order valence-electron chi connectivity index (χ2n) is 19.2. The third kappa shape index (κ3) is 19.9. The summed E-state index contributed by atoms with van der Waals surface area (Å²) in [6.07, 6.45) is 0. The summed E-state index contributed by atoms with van der Waals surface area (Å²) >= 11 is 6.28. The standard InChI is InChI=1S/C52H34ClN15O20S6.8Li/c53-47-59-49(63-51(60-47)58-36-22-27(89(71,72)73)20-24-10-17-33(43(69)41(24)36)65-66-34-18-15-28-30(45(34)93(83,84)85)5-2-8-37(28)90(74,75)76)55-25-11-13-26(14-12-25)56-50-61-48(54)62-52(64-50)57-32-7-1-4-23-21-39(92(80,81)82)42(44(70)40(23)32)68-67-35-19-16-29-31(46(35)94(86,87)88)6-3-9-38(29)91(77,78)79;;;;;;;;/h2-16,18-22,69-70H,(H,71,72,73)(H,74,75,76)(H,77,78,79)(H,80,81,82)(H,83,84,85)(H,86,87,88)(H2,55,58,59,60,63)(H4,54,56,57,61,62,64);;;;;;;;/q-2;8*+1/p-6. The SMILES string of the molecule is Nc1nc(Nc2ccc(Nc3nc(Cl)nc(Nc4cc(S(=O)(=O)[O-])cc5c[c-]c(N=Nc6ccc7c(S(=O)(=O)[O-])cccc7c6S(=O)(=O)[O-])c(O)c45)n3)cc2)nc(Nc2c[c-]cc3cc(S(=O)(=O)[O-])c(N=Nc4ccc5c(S(=O)(=O)[O-])cccc5c4S(=O)(=O)[O-])c(O)c23)n1.[Li+].[Li+].[Li+].[Li+].[Li+].[Li+].[Li+].[Li+]. The van der Waals surface area contributed by atoms with Gasteiger partial charge in [-0.2, -0.15) is 70.5 Å². The number of aromatic hydroxyl groups is 2. The van der Waals surface area contributed by atoms with Crippen molar-refractivity contribution < 1.29 is 239 Å². The van der Waals surface area contributed by atoms with Crippen molar-refractivity contribution in [2.75, 3.05) is 27.0 Å². The van der Waals surface area contributed by atoms with Crippen molar-refractivity contribution in [3.8, 4) is 11.5 Å². The maximum absolute atomic E-state index is 12.6. The van der Waals surface area contributed by atoms with Crippen LogP contribution in [0.3, 0.4) is 0 Å². The Morgan fingerprint density at radius 2 is 0.853 bits per heavy atom. The summed E-state index contributed by atoms with van der Waals surface area (Å²) in [6.45, 7) is 0. The van der Waals surface area contributed by atoms with Gasteiger partial charge in [-0.1, -0.05) is 65.0 Å². The fourth-order valence-corrected chi connectivity index (χ4v) is 13.7. The van der Waals surface area contributed by atoms with Gasteiger partial charge in [0.25, 0.3) is 0 Å². The van der Waals surface area contributed by atoms with Crippen LogP contribution in [-0.4, -0.2) is 118 Å². The monoisotopic (exact) mass is 1470 g/mol. The minimum Gasteiger partial charge on any atom is -0.744 e. The molecule has 0 fully saturated rings. The minimum atomic E-state index is -5.59. The van der Waals surface area contributed by atoms with E-state index in [1.165, 1.54) is 30.3 Å². The molecule has 482 valence electrons. The molecule has 50 heteroatoms. The number of hydrogen-bond donors (Lipinski definition) is 7. The van der Waals surface area contributed by atoms with Gasteiger partial charge in [0, 0.05) is 54.9 Å². The van der Waals surface area contributed by atoms with Crippen molar-refractivity contribution in [2.24, 2.45) is 20.5 Å². The van der Waals surface area contributed by atoms with E-state index in [1.807, 2.05) is 0 Å². The third-order valence-corrected chi connectivity index (χ3v) is 18.6. The van der Waals surface area contributed by atoms with Crippen LogP contribution in [0.4, 0.5) is 75.2 Å². The van der Waals surface area contributed by atoms with E-state index in [4.69, 9.17) is 17.3 Å². The van der Waals surface area contributed by atoms with Gasteiger partial charge >= 0.3 is 151 Å². The van der Waals surface area contributed by atoms with Crippen LogP contribution in [0.15, 0.2) is 171 Å². The molecule has 2 aromatic heterocycles. The van der Waals surface area contributed by atoms with E-state index in [0.717, 1.165) is 91.0 Å². The van der Waals surface area contributed by atoms with Crippen molar-refractivity contribution in [1.82, 2.24) is 29.9 Å². The van der Waals surface area contributed by atoms with Crippen molar-refractivity contribution in [2.45, 2.75) is 29.4 Å². The number of nitrogens with two attached hydrogens (primary N) is 1. The largest absolute Gasteiger partial charge is 1.00 e. The van der Waals surface area contributed by atoms with Gasteiger partial charge in [-0.05, 0) is 66.2 Å². The predicted octanol–water partition coefficient (Wildman–Crippen LogP) is -16.8. The van der Waals surface area contributed by atoms with Gasteiger partial charge in [0.1, 0.15) is 83.5 Å². The Bertz CT molecular complexity index is 5930. The first-order chi connectivity index (χ1) is 44.0. The first-order valence-electron chi connectivity index (χ1n) is 25.2. The molecule has 11 aromatic rings. The van der Waals surface area contributed by atoms with E-state index in [9.17, 15) is 88.0 Å². The molecule has 0 spiro atoms. The molecule has 0 aliphatic rings. The molecular weight excluding hydrogens is 1440 g/mol. The number of nitrogen functional groups attached to an aromatic ring is 1. The summed E-state index contributed by atoms with van der Waals surface area (Å²) in [5, 5.41) is 46.1. The van der Waals surface area contributed by atoms with Gasteiger partial charge in [-0.3, -0.25) is 0 Å². The van der Waals surface area contributed by atoms with Gasteiger partial charge in [0.15, 0.2) is 0 Å². The molecule has 102 heavy (non-hydrogen) atoms. The van der Waals surface area contributed by atoms with E-state index >= 15 is 0 Å². The maximum Gasteiger partial charge on any atom is 1.00 e. The van der Waals surface area contributed by atoms with Crippen molar-refractivity contribution in [3.05, 3.63) is 139 Å². The number of benzene rings is 9. The molecule has 0 saturated carbocycles. The molecule has 0 amide bonds. The number of azo groups is 2. The first kappa shape index (κ1) is 90.6. The summed E-state index contributed by atoms with van der Waals surface area (Å²) < 4.78 is 222. The van der Waals surface area contributed by atoms with E-state index in [0.29, 0.717) is 5.69 Å². The van der Waals surface area contributed by atoms with E-state index in [-0.39, 0.29) is 207 Å². The Hall–Kier alpha value is -5.63. The van der Waals surface area contributed by atoms with E-state index in [1.54, 1.807) is 0 Å². The van der Waals surface area contributed by atoms with Crippen LogP contribution in [0.25, 0.3) is 43.1 Å². The number of halogens is 1. The van der Waals surface area contributed by atoms with Crippen LogP contribution in [0.1, 0.15) is 0 Å². The fourth-order valence-electron chi connectivity index (χ4n) is 9.40. The number of nitrogens with one attached hydrogen (secondary N) is 4. The number of aromatic nitrogens is 6. The average Bonchev–Trinajstić information content (AvgIpc) is 0.767. The molecule has 11 rings (SSSR count). The predicted molar refractivity (Wildman–Crippen MR) is 322 cm³/mol. The Morgan fingerprint density at radius 1 is 0.422 bits per heavy atom. The molecule has 0 bridgehead atoms. The molecule has 8 N–H and O–H groups in total. The second-order valence-corrected chi connectivity index (χ2v) is 27.5. The first-order valence-corrected chi connectivity index (χ1v) is 34.0. The molecule has 0 radical (unpaired) electrons. The number of anilines is 9. The number of phenolic OH excluding ortho intramolecular Hbond substituents is 2. The van der Waals surface area contributed by atoms with Crippen molar-refractivity contribution in [3.63, 3.8) is 0 Å². The van der Waals surface area contributed by atoms with Gasteiger partial charge in [-0.15, -0.1) is 21.0 Å². The van der Waals surface area contributed by atoms with Crippen molar-refractivity contribution in [1.29, 1.82) is 0 Å². The van der Waals surface area contributed by atoms with Gasteiger partial charge in [0.2, 0.25) is 35.0 Å². The summed E-state index contributed by atoms with van der Waals surface area (Å²) in [5.41, 5.74) is 2.99. The zero-order valence-corrected chi connectivity index (χ0v) is 59.3. The molecule has 0 aliphatic carbocycles. The summed E-state index contributed by atoms with van der Waals surface area (Å²) in [5.74, 6) is -3.48. The van der Waals surface area contributed by atoms with E-state index < -0.39 is 163 Å². The molecule has 35 nitrogen and oxygen atoms in total. The fraction of sp³-hybridized carbons (Fsp3) is 0. The Labute approximate surface area is 678 Å². The van der Waals surface area contributed by atoms with Crippen LogP contribution < -0.4 is 178 Å². The number of phenols is 2. The van der Waals surface area contributed by atoms with Gasteiger partial charge in [0.05, 0.1) is 24.5 Å². The summed E-state index contributed by atoms with van der Waals surface area (Å²) in [6, 6.07) is 26.4. The van der Waals surface area contributed by atoms with Crippen LogP contribution in [0.5, 0.6) is 11.5 Å². The zero-order chi connectivity index (χ0) is 67.8. The Kier molecular flexibility index (Phi) is 30.8. The average molecular weight is 1470 g/mol. The summed E-state index contributed by atoms with van der Waals surface area (Å²) in [4.78, 5) is 18.7. The Balaban J connectivity index is 0.00000338. The molecular formula is C52H28ClLi8N15O20S6. The van der Waals surface area contributed by atoms with Crippen LogP contribution in [0.2, 0.25) is 5.28 Å². The van der Waals surface area contributed by atoms with Gasteiger partial charge < -0.3 is 64.5 Å². The molecule has 0 atom stereocenters. The molecule has 2 heterocycles. The number of fused-ring (bicyclic) bond motifs is 4. The van der Waals surface area contributed by atoms with Crippen LogP contribution >= 0.6 is 11.6 Å². The molecule has 9 aromatic carbocycles. The zero-order valence-electron chi connectivity index (χ0n) is 53.7. The minimum absolute atomic E-state index is 0. The van der Waals surface area contributed by atoms with Gasteiger partial charge in [-0.25, -0.2) is 50.5 Å². The topological polar surface area (TPSA) is 585 Å². The number of rotatable bonds is 18. The molecule has 0 unspecified atom stereocenters.